The summed E-state index contributed by atoms with van der Waals surface area (Å²) in [5.74, 6) is -4.36. The SMILES string of the molecule is CCOC(=O)c1ccccc1CBr.CCOC(=O)c1ccccc1COc1ccc(C=O)cc1.O=C(O)Cc1ccc2c(c1)C(=O)c1ccccc1CO2.O=C(O)c1ccccc1COc1ccc(C(O)C(=O)O)cc1.O=C1c2ccccc2COc2ccc(C(Cl)C(=O)O)cc21.O=C1c2ccccc2COc2ccc(C(O)C(=O)O)cc21.O=Cc1ccc(O)cc1.O=S(Cl)Cl. The number of aromatic carboxylic acids is 1. The number of aliphatic carboxylic acids is 4. The van der Waals surface area contributed by atoms with Gasteiger partial charge in [0.2, 0.25) is 9.23 Å². The van der Waals surface area contributed by atoms with Crippen LogP contribution in [0, 0.1) is 0 Å². The smallest absolute Gasteiger partial charge is 0.338 e. The molecule has 0 saturated heterocycles. The van der Waals surface area contributed by atoms with Gasteiger partial charge in [0, 0.05) is 82.3 Å². The highest BCUT2D eigenvalue weighted by Crippen LogP contribution is 2.36. The number of carbonyl (C=O) groups excluding carboxylic acids is 7. The standard InChI is InChI=1S/C17H16O4.C16H11ClO4.C16H14O6.C16H12O5.C16H12O4.C10H11BrO2.C7H6O2.Cl2OS/c1-2-20-17(19)16-6-4-3-5-14(16)12-21-15-9-7-13(11-18)8-10-15;17-14(16(19)20)9-5-6-13-12(7-9)15(18)11-4-2-1-3-10(11)8-21-13;17-14(16(20)21)10-5-7-12(8-6-10)22-9-11-3-1-2-4-13(11)15(18)19;17-14(16(19)20)9-5-6-13-12(7-9)15(18)11-4-2-1-3-10(11)8-21-13;17-15(18)8-10-5-6-14-13(7-10)16(19)12-4-2-1-3-11(12)9-20-14;1-2-13-10(12)9-6-4-3-5-8(9)7-11;8-5-6-1-3-7(9)4-2-6;1-4(2)3/h3-11H,2,12H2,1H3;1-7,14H,8H2,(H,19,20);1-8,14,17H,9H2,(H,18,19)(H,20,21);1-7,14,17H,8H2,(H,19,20);1-7H,8-9H2,(H,17,18);3-6H,2,7H2,1H3;1-5,9H;. The maximum atomic E-state index is 12.6. The predicted molar refractivity (Wildman–Crippen MR) is 486 cm³/mol. The first kappa shape index (κ1) is 102. The molecule has 0 spiro atoms. The zero-order valence-corrected chi connectivity index (χ0v) is 74.1. The molecule has 12 aromatic rings. The highest BCUT2D eigenvalue weighted by atomic mass is 79.9. The third kappa shape index (κ3) is 30.3. The summed E-state index contributed by atoms with van der Waals surface area (Å²) in [5, 5.41) is 71.6. The number of aromatic hydroxyl groups is 1. The van der Waals surface area contributed by atoms with Gasteiger partial charge in [-0.25, -0.2) is 28.2 Å². The number of hydrogen-bond donors (Lipinski definition) is 8. The number of rotatable bonds is 22. The zero-order valence-electron chi connectivity index (χ0n) is 69.4. The van der Waals surface area contributed by atoms with Crippen LogP contribution in [0.2, 0.25) is 0 Å². The van der Waals surface area contributed by atoms with Crippen LogP contribution in [-0.4, -0.2) is 130 Å². The average molecular weight is 1930 g/mol. The van der Waals surface area contributed by atoms with Crippen LogP contribution in [0.5, 0.6) is 34.5 Å². The van der Waals surface area contributed by atoms with Crippen molar-refractivity contribution in [1.29, 1.82) is 0 Å². The molecule has 0 bridgehead atoms. The van der Waals surface area contributed by atoms with E-state index in [4.69, 9.17) is 79.6 Å². The van der Waals surface area contributed by atoms with E-state index in [0.29, 0.717) is 127 Å². The highest BCUT2D eigenvalue weighted by molar-refractivity contribution is 9.08. The number of halogens is 4. The van der Waals surface area contributed by atoms with Gasteiger partial charge >= 0.3 is 41.8 Å². The number of aliphatic hydroxyl groups is 2. The van der Waals surface area contributed by atoms with Gasteiger partial charge in [-0.05, 0) is 157 Å². The van der Waals surface area contributed by atoms with Gasteiger partial charge in [0.1, 0.15) is 80.1 Å². The second kappa shape index (κ2) is 51.5. The van der Waals surface area contributed by atoms with Gasteiger partial charge in [-0.2, -0.15) is 0 Å². The highest BCUT2D eigenvalue weighted by Gasteiger charge is 2.29. The lowest BCUT2D eigenvalue weighted by atomic mass is 9.97. The minimum Gasteiger partial charge on any atom is -0.508 e. The number of benzene rings is 12. The second-order valence-electron chi connectivity index (χ2n) is 27.5. The summed E-state index contributed by atoms with van der Waals surface area (Å²) in [6, 6.07) is 75.4. The van der Waals surface area contributed by atoms with E-state index in [1.165, 1.54) is 66.7 Å². The fourth-order valence-electron chi connectivity index (χ4n) is 12.3. The summed E-state index contributed by atoms with van der Waals surface area (Å²) in [6.07, 6.45) is -1.84. The molecule has 33 heteroatoms. The van der Waals surface area contributed by atoms with Gasteiger partial charge in [-0.3, -0.25) is 33.6 Å². The molecule has 0 aliphatic carbocycles. The number of ether oxygens (including phenoxy) is 7. The van der Waals surface area contributed by atoms with Gasteiger partial charge in [-0.15, -0.1) is 11.6 Å². The normalized spacial score (nSPS) is 12.0. The summed E-state index contributed by atoms with van der Waals surface area (Å²) >= 11 is 9.14. The molecular formula is C98H82BrCl3O28S. The Morgan fingerprint density at radius 1 is 0.427 bits per heavy atom. The number of hydrogen-bond acceptors (Lipinski definition) is 23. The molecule has 0 amide bonds. The van der Waals surface area contributed by atoms with Gasteiger partial charge in [0.25, 0.3) is 0 Å². The lowest BCUT2D eigenvalue weighted by Crippen LogP contribution is -2.11. The Balaban J connectivity index is 0.000000189. The van der Waals surface area contributed by atoms with E-state index < -0.39 is 56.7 Å². The van der Waals surface area contributed by atoms with Gasteiger partial charge in [-0.1, -0.05) is 174 Å². The molecule has 15 rings (SSSR count). The van der Waals surface area contributed by atoms with E-state index in [1.54, 1.807) is 147 Å². The Morgan fingerprint density at radius 2 is 0.771 bits per heavy atom. The predicted octanol–water partition coefficient (Wildman–Crippen LogP) is 17.9. The molecule has 3 unspecified atom stereocenters. The molecule has 8 N–H and O–H groups in total. The molecule has 676 valence electrons. The van der Waals surface area contributed by atoms with Crippen LogP contribution in [0.1, 0.15) is 187 Å². The molecule has 3 heterocycles. The minimum absolute atomic E-state index is 0.0727. The topological polar surface area (TPSA) is 448 Å². The van der Waals surface area contributed by atoms with Crippen molar-refractivity contribution in [3.63, 3.8) is 0 Å². The van der Waals surface area contributed by atoms with Crippen molar-refractivity contribution < 1.29 is 136 Å². The van der Waals surface area contributed by atoms with Crippen molar-refractivity contribution >= 4 is 130 Å². The van der Waals surface area contributed by atoms with Crippen molar-refractivity contribution in [2.24, 2.45) is 0 Å². The second-order valence-corrected chi connectivity index (χ2v) is 31.0. The summed E-state index contributed by atoms with van der Waals surface area (Å²) < 4.78 is 47.0. The number of aliphatic hydroxyl groups excluding tert-OH is 2. The minimum atomic E-state index is -1.67. The lowest BCUT2D eigenvalue weighted by molar-refractivity contribution is -0.147. The van der Waals surface area contributed by atoms with Crippen LogP contribution < -0.4 is 23.7 Å². The van der Waals surface area contributed by atoms with Crippen LogP contribution >= 0.6 is 48.9 Å². The van der Waals surface area contributed by atoms with E-state index in [2.05, 4.69) is 37.3 Å². The Morgan fingerprint density at radius 3 is 1.18 bits per heavy atom. The number of esters is 2. The molecule has 28 nitrogen and oxygen atoms in total. The van der Waals surface area contributed by atoms with Crippen molar-refractivity contribution in [1.82, 2.24) is 0 Å². The van der Waals surface area contributed by atoms with E-state index in [0.717, 1.165) is 40.4 Å². The maximum absolute atomic E-state index is 12.6. The van der Waals surface area contributed by atoms with Gasteiger partial charge in [0.05, 0.1) is 53.0 Å². The zero-order chi connectivity index (χ0) is 95.2. The molecule has 0 fully saturated rings. The maximum Gasteiger partial charge on any atom is 0.338 e. The number of phenolic OH excluding ortho intramolecular Hbond substituents is 1. The van der Waals surface area contributed by atoms with Gasteiger partial charge < -0.3 is 74.0 Å². The monoisotopic (exact) mass is 1920 g/mol. The first-order valence-electron chi connectivity index (χ1n) is 39.2. The Hall–Kier alpha value is -14.5. The third-order valence-electron chi connectivity index (χ3n) is 18.8. The summed E-state index contributed by atoms with van der Waals surface area (Å²) in [5.41, 5.74) is 11.2. The van der Waals surface area contributed by atoms with Crippen LogP contribution in [0.3, 0.4) is 0 Å². The van der Waals surface area contributed by atoms with Crippen molar-refractivity contribution in [3.05, 3.63) is 390 Å². The average Bonchev–Trinajstić information content (AvgIpc) is 1.70. The van der Waals surface area contributed by atoms with Crippen LogP contribution in [0.4, 0.5) is 0 Å². The van der Waals surface area contributed by atoms with E-state index in [-0.39, 0.29) is 83.5 Å². The number of fused-ring (bicyclic) bond motifs is 6. The first-order valence-corrected chi connectivity index (χ1v) is 43.6. The molecule has 12 aromatic carbocycles. The fourth-order valence-corrected chi connectivity index (χ4v) is 13.0. The van der Waals surface area contributed by atoms with Crippen LogP contribution in [0.15, 0.2) is 273 Å². The summed E-state index contributed by atoms with van der Waals surface area (Å²) in [6.45, 7) is 5.57. The molecule has 0 aromatic heterocycles. The molecule has 3 atom stereocenters. The number of phenols is 1. The van der Waals surface area contributed by atoms with Crippen molar-refractivity contribution in [3.8, 4) is 34.5 Å². The quantitative estimate of drug-likeness (QED) is 0.0135. The number of alkyl halides is 2. The summed E-state index contributed by atoms with van der Waals surface area (Å²) in [4.78, 5) is 136. The number of carboxylic acid groups (broad SMARTS) is 5. The van der Waals surface area contributed by atoms with Gasteiger partial charge in [0.15, 0.2) is 34.9 Å². The largest absolute Gasteiger partial charge is 0.508 e. The Bertz CT molecular complexity index is 5960. The van der Waals surface area contributed by atoms with E-state index in [1.807, 2.05) is 72.8 Å². The molecule has 3 aliphatic rings. The third-order valence-corrected chi connectivity index (χ3v) is 19.9. The molecular weight excluding hydrogens is 1840 g/mol. The molecule has 0 radical (unpaired) electrons. The van der Waals surface area contributed by atoms with Crippen molar-refractivity contribution in [2.75, 3.05) is 13.2 Å². The summed E-state index contributed by atoms with van der Waals surface area (Å²) in [7, 11) is 7.36. The van der Waals surface area contributed by atoms with E-state index in [9.17, 15) is 67.7 Å². The molecule has 0 saturated carbocycles. The Labute approximate surface area is 774 Å². The first-order chi connectivity index (χ1) is 62.9. The van der Waals surface area contributed by atoms with Crippen LogP contribution in [0.25, 0.3) is 0 Å². The van der Waals surface area contributed by atoms with Crippen molar-refractivity contribution in [2.45, 2.75) is 76.2 Å². The number of ketones is 3. The molecule has 131 heavy (non-hydrogen) atoms. The van der Waals surface area contributed by atoms with E-state index >= 15 is 0 Å². The Kier molecular flexibility index (Phi) is 40.0. The lowest BCUT2D eigenvalue weighted by Gasteiger charge is -2.10. The number of carboxylic acids is 5. The fraction of sp³-hybridized carbons (Fsp3) is 0.143. The van der Waals surface area contributed by atoms with Crippen LogP contribution in [-0.2, 0) is 82.7 Å². The molecule has 3 aliphatic heterocycles. The number of carbonyl (C=O) groups is 12. The number of aldehydes is 2.